The van der Waals surface area contributed by atoms with Gasteiger partial charge in [0.25, 0.3) is 0 Å². The predicted molar refractivity (Wildman–Crippen MR) is 79.1 cm³/mol. The molecule has 1 heterocycles. The second-order valence-corrected chi connectivity index (χ2v) is 5.01. The van der Waals surface area contributed by atoms with Gasteiger partial charge in [0, 0.05) is 4.88 Å². The molecule has 1 N–H and O–H groups in total. The lowest BCUT2D eigenvalue weighted by atomic mass is 10.2. The summed E-state index contributed by atoms with van der Waals surface area (Å²) < 4.78 is 5.70. The Hall–Kier alpha value is -1.13. The Morgan fingerprint density at radius 3 is 2.88 bits per heavy atom. The summed E-state index contributed by atoms with van der Waals surface area (Å²) in [4.78, 5) is 1.81. The Balaban J connectivity index is 3.03. The van der Waals surface area contributed by atoms with Crippen LogP contribution in [0.3, 0.4) is 0 Å². The minimum absolute atomic E-state index is 0.660. The van der Waals surface area contributed by atoms with Crippen molar-refractivity contribution in [2.75, 3.05) is 6.61 Å². The Morgan fingerprint density at radius 1 is 1.65 bits per heavy atom. The van der Waals surface area contributed by atoms with Crippen molar-refractivity contribution in [1.82, 2.24) is 5.32 Å². The molecule has 1 rings (SSSR count). The molecule has 0 spiro atoms. The zero-order valence-corrected chi connectivity index (χ0v) is 11.8. The highest BCUT2D eigenvalue weighted by molar-refractivity contribution is 7.80. The van der Waals surface area contributed by atoms with E-state index in [-0.39, 0.29) is 0 Å². The van der Waals surface area contributed by atoms with E-state index in [1.807, 2.05) is 24.4 Å². The van der Waals surface area contributed by atoms with Crippen molar-refractivity contribution in [3.05, 3.63) is 40.9 Å². The fourth-order valence-corrected chi connectivity index (χ4v) is 2.14. The first-order valence-corrected chi connectivity index (χ1v) is 6.78. The van der Waals surface area contributed by atoms with Gasteiger partial charge in [-0.2, -0.15) is 0 Å². The highest BCUT2D eigenvalue weighted by atomic mass is 32.1. The zero-order chi connectivity index (χ0) is 12.7. The van der Waals surface area contributed by atoms with Crippen molar-refractivity contribution >= 4 is 34.1 Å². The second-order valence-electron chi connectivity index (χ2n) is 3.45. The first kappa shape index (κ1) is 13.9. The normalized spacial score (nSPS) is 11.6. The third-order valence-corrected chi connectivity index (χ3v) is 2.98. The number of thiocarbonyl (C=S) groups is 1. The van der Waals surface area contributed by atoms with E-state index < -0.39 is 0 Å². The molecule has 0 atom stereocenters. The lowest BCUT2D eigenvalue weighted by Crippen LogP contribution is -2.21. The molecule has 0 saturated carbocycles. The molecule has 0 aliphatic rings. The third kappa shape index (κ3) is 4.32. The van der Waals surface area contributed by atoms with E-state index in [0.29, 0.717) is 17.5 Å². The van der Waals surface area contributed by atoms with Crippen LogP contribution in [0.5, 0.6) is 0 Å². The lowest BCUT2D eigenvalue weighted by molar-refractivity contribution is 0.203. The number of hydrogen-bond acceptors (Lipinski definition) is 3. The van der Waals surface area contributed by atoms with E-state index >= 15 is 0 Å². The van der Waals surface area contributed by atoms with Crippen LogP contribution in [-0.4, -0.2) is 11.6 Å². The van der Waals surface area contributed by atoms with E-state index in [2.05, 4.69) is 18.8 Å². The molecule has 1 aromatic heterocycles. The molecule has 0 bridgehead atoms. The summed E-state index contributed by atoms with van der Waals surface area (Å²) in [5.41, 5.74) is 0.956. The Bertz CT molecular complexity index is 407. The highest BCUT2D eigenvalue weighted by Gasteiger charge is 2.09. The molecular formula is C13H17NOS2. The monoisotopic (exact) mass is 267 g/mol. The molecular weight excluding hydrogens is 250 g/mol. The van der Waals surface area contributed by atoms with Crippen LogP contribution in [0, 0.1) is 0 Å². The fourth-order valence-electron chi connectivity index (χ4n) is 1.28. The molecule has 2 nitrogen and oxygen atoms in total. The van der Waals surface area contributed by atoms with Crippen LogP contribution in [0.4, 0.5) is 0 Å². The second kappa shape index (κ2) is 7.25. The molecule has 0 aliphatic carbocycles. The van der Waals surface area contributed by atoms with Gasteiger partial charge in [-0.15, -0.1) is 11.3 Å². The average molecular weight is 267 g/mol. The van der Waals surface area contributed by atoms with Gasteiger partial charge in [-0.05, 0) is 24.8 Å². The van der Waals surface area contributed by atoms with Crippen molar-refractivity contribution in [2.24, 2.45) is 0 Å². The fraction of sp³-hybridized carbons (Fsp3) is 0.308. The Labute approximate surface area is 112 Å². The molecule has 1 aromatic rings. The molecule has 0 aliphatic heterocycles. The molecule has 0 radical (unpaired) electrons. The SMILES string of the molecule is C=C/C(=C(\NC(C)=S)OCCC)c1cccs1. The van der Waals surface area contributed by atoms with E-state index in [9.17, 15) is 0 Å². The molecule has 92 valence electrons. The minimum atomic E-state index is 0.660. The van der Waals surface area contributed by atoms with Crippen molar-refractivity contribution in [1.29, 1.82) is 0 Å². The summed E-state index contributed by atoms with van der Waals surface area (Å²) in [6.45, 7) is 8.40. The van der Waals surface area contributed by atoms with E-state index in [4.69, 9.17) is 17.0 Å². The summed E-state index contributed by atoms with van der Waals surface area (Å²) in [5.74, 6) is 0.691. The number of allylic oxidation sites excluding steroid dienone is 2. The molecule has 0 saturated heterocycles. The maximum absolute atomic E-state index is 5.70. The molecule has 0 amide bonds. The van der Waals surface area contributed by atoms with Gasteiger partial charge in [0.15, 0.2) is 5.88 Å². The van der Waals surface area contributed by atoms with Crippen LogP contribution < -0.4 is 5.32 Å². The van der Waals surface area contributed by atoms with Gasteiger partial charge in [0.2, 0.25) is 0 Å². The van der Waals surface area contributed by atoms with Gasteiger partial charge in [-0.25, -0.2) is 0 Å². The summed E-state index contributed by atoms with van der Waals surface area (Å²) in [7, 11) is 0. The average Bonchev–Trinajstić information content (AvgIpc) is 2.79. The lowest BCUT2D eigenvalue weighted by Gasteiger charge is -2.14. The molecule has 0 unspecified atom stereocenters. The first-order valence-electron chi connectivity index (χ1n) is 5.50. The van der Waals surface area contributed by atoms with Gasteiger partial charge in [-0.1, -0.05) is 37.9 Å². The van der Waals surface area contributed by atoms with E-state index in [0.717, 1.165) is 16.9 Å². The Kier molecular flexibility index (Phi) is 5.94. The number of ether oxygens (including phenoxy) is 1. The summed E-state index contributed by atoms with van der Waals surface area (Å²) in [5, 5.41) is 5.11. The van der Waals surface area contributed by atoms with Gasteiger partial charge in [-0.3, -0.25) is 0 Å². The molecule has 0 fully saturated rings. The Morgan fingerprint density at radius 2 is 2.41 bits per heavy atom. The van der Waals surface area contributed by atoms with E-state index in [1.165, 1.54) is 0 Å². The van der Waals surface area contributed by atoms with Crippen molar-refractivity contribution in [3.63, 3.8) is 0 Å². The third-order valence-electron chi connectivity index (χ3n) is 1.98. The number of thiophene rings is 1. The molecule has 17 heavy (non-hydrogen) atoms. The van der Waals surface area contributed by atoms with Crippen LogP contribution >= 0.6 is 23.6 Å². The predicted octanol–water partition coefficient (Wildman–Crippen LogP) is 3.97. The molecule has 0 aromatic carbocycles. The van der Waals surface area contributed by atoms with Gasteiger partial charge in [0.1, 0.15) is 0 Å². The topological polar surface area (TPSA) is 21.3 Å². The number of hydrogen-bond donors (Lipinski definition) is 1. The van der Waals surface area contributed by atoms with Crippen LogP contribution in [-0.2, 0) is 4.74 Å². The van der Waals surface area contributed by atoms with Crippen LogP contribution in [0.15, 0.2) is 36.1 Å². The van der Waals surface area contributed by atoms with Gasteiger partial charge >= 0.3 is 0 Å². The maximum atomic E-state index is 5.70. The largest absolute Gasteiger partial charge is 0.479 e. The minimum Gasteiger partial charge on any atom is -0.479 e. The quantitative estimate of drug-likeness (QED) is 0.479. The number of nitrogens with one attached hydrogen (secondary N) is 1. The standard InChI is InChI=1S/C13H17NOS2/c1-4-8-15-13(14-10(3)16)11(5-2)12-7-6-9-17-12/h5-7,9H,2,4,8H2,1,3H3,(H,14,16)/b13-11-. The first-order chi connectivity index (χ1) is 8.19. The maximum Gasteiger partial charge on any atom is 0.200 e. The summed E-state index contributed by atoms with van der Waals surface area (Å²) >= 11 is 6.71. The van der Waals surface area contributed by atoms with E-state index in [1.54, 1.807) is 17.4 Å². The van der Waals surface area contributed by atoms with Gasteiger partial charge < -0.3 is 10.1 Å². The number of rotatable bonds is 6. The van der Waals surface area contributed by atoms with Crippen LogP contribution in [0.25, 0.3) is 5.57 Å². The highest BCUT2D eigenvalue weighted by Crippen LogP contribution is 2.24. The summed E-state index contributed by atoms with van der Waals surface area (Å²) in [6, 6.07) is 4.04. The molecule has 4 heteroatoms. The smallest absolute Gasteiger partial charge is 0.200 e. The zero-order valence-electron chi connectivity index (χ0n) is 10.2. The van der Waals surface area contributed by atoms with Crippen molar-refractivity contribution in [2.45, 2.75) is 20.3 Å². The van der Waals surface area contributed by atoms with Crippen LogP contribution in [0.1, 0.15) is 25.1 Å². The van der Waals surface area contributed by atoms with Crippen LogP contribution in [0.2, 0.25) is 0 Å². The van der Waals surface area contributed by atoms with Crippen molar-refractivity contribution in [3.8, 4) is 0 Å². The van der Waals surface area contributed by atoms with Gasteiger partial charge in [0.05, 0.1) is 17.2 Å². The summed E-state index contributed by atoms with van der Waals surface area (Å²) in [6.07, 6.45) is 2.75. The van der Waals surface area contributed by atoms with Crippen molar-refractivity contribution < 1.29 is 4.74 Å².